The molecule has 39 heavy (non-hydrogen) atoms. The fraction of sp³-hybridized carbons (Fsp3) is 0.172. The molecule has 0 amide bonds. The summed E-state index contributed by atoms with van der Waals surface area (Å²) in [5, 5.41) is 0. The van der Waals surface area contributed by atoms with Crippen molar-refractivity contribution in [2.45, 2.75) is 31.0 Å². The van der Waals surface area contributed by atoms with Crippen LogP contribution >= 0.6 is 0 Å². The van der Waals surface area contributed by atoms with Gasteiger partial charge in [-0.05, 0) is 70.8 Å². The molecule has 4 rings (SSSR count). The van der Waals surface area contributed by atoms with E-state index in [9.17, 15) is 26.3 Å². The summed E-state index contributed by atoms with van der Waals surface area (Å²) in [5.74, 6) is 0.223. The molecule has 0 aliphatic heterocycles. The summed E-state index contributed by atoms with van der Waals surface area (Å²) in [7, 11) is 0. The monoisotopic (exact) mass is 546 g/mol. The van der Waals surface area contributed by atoms with Crippen LogP contribution < -0.4 is 20.9 Å². The highest BCUT2D eigenvalue weighted by Gasteiger charge is 2.72. The van der Waals surface area contributed by atoms with Gasteiger partial charge in [0.15, 0.2) is 0 Å². The number of nitrogens with two attached hydrogens (primary N) is 2. The lowest BCUT2D eigenvalue weighted by atomic mass is 9.73. The van der Waals surface area contributed by atoms with Crippen LogP contribution in [-0.2, 0) is 18.6 Å². The SMILES string of the molecule is Nc1ccc(COc2ccc(C(c3ccc(OCc4ccc(N)cc4)cc3)(C(F)(F)F)C(F)(F)F)cc2)cc1. The zero-order valence-corrected chi connectivity index (χ0v) is 20.4. The molecule has 4 aromatic rings. The molecule has 10 heteroatoms. The first-order chi connectivity index (χ1) is 18.4. The lowest BCUT2D eigenvalue weighted by molar-refractivity contribution is -0.288. The Balaban J connectivity index is 1.61. The van der Waals surface area contributed by atoms with Crippen LogP contribution in [0.1, 0.15) is 22.3 Å². The minimum atomic E-state index is -5.70. The van der Waals surface area contributed by atoms with Crippen molar-refractivity contribution < 1.29 is 35.8 Å². The summed E-state index contributed by atoms with van der Waals surface area (Å²) >= 11 is 0. The summed E-state index contributed by atoms with van der Waals surface area (Å²) in [6.45, 7) is 0.113. The van der Waals surface area contributed by atoms with Gasteiger partial charge in [0.05, 0.1) is 0 Å². The maximum atomic E-state index is 14.4. The molecule has 0 saturated carbocycles. The van der Waals surface area contributed by atoms with Crippen LogP contribution in [0.5, 0.6) is 11.5 Å². The molecule has 0 radical (unpaired) electrons. The lowest BCUT2D eigenvalue weighted by Crippen LogP contribution is -2.54. The van der Waals surface area contributed by atoms with E-state index in [0.717, 1.165) is 59.7 Å². The van der Waals surface area contributed by atoms with Crippen molar-refractivity contribution in [2.75, 3.05) is 11.5 Å². The summed E-state index contributed by atoms with van der Waals surface area (Å²) in [5.41, 5.74) is 7.54. The molecule has 0 fully saturated rings. The van der Waals surface area contributed by atoms with Crippen molar-refractivity contribution in [1.29, 1.82) is 0 Å². The molecule has 0 aliphatic rings. The van der Waals surface area contributed by atoms with E-state index in [-0.39, 0.29) is 24.7 Å². The van der Waals surface area contributed by atoms with Gasteiger partial charge in [-0.15, -0.1) is 0 Å². The Kier molecular flexibility index (Phi) is 7.67. The third-order valence-corrected chi connectivity index (χ3v) is 6.20. The van der Waals surface area contributed by atoms with Crippen LogP contribution in [0.25, 0.3) is 0 Å². The standard InChI is InChI=1S/C29H24F6N2O2/c30-28(31,32)27(29(33,34)35,21-5-13-25(14-6-21)38-17-19-1-9-23(36)10-2-19)22-7-15-26(16-8-22)39-18-20-3-11-24(37)12-4-20/h1-16H,17-18,36-37H2. The Morgan fingerprint density at radius 2 is 0.769 bits per heavy atom. The van der Waals surface area contributed by atoms with Crippen molar-refractivity contribution in [2.24, 2.45) is 0 Å². The summed E-state index contributed by atoms with van der Waals surface area (Å²) in [4.78, 5) is 0. The summed E-state index contributed by atoms with van der Waals surface area (Å²) in [6, 6.07) is 20.9. The van der Waals surface area contributed by atoms with E-state index in [1.54, 1.807) is 48.5 Å². The number of rotatable bonds is 8. The van der Waals surface area contributed by atoms with Crippen molar-refractivity contribution in [1.82, 2.24) is 0 Å². The Labute approximate surface area is 220 Å². The second kappa shape index (κ2) is 10.8. The van der Waals surface area contributed by atoms with Gasteiger partial charge in [0.2, 0.25) is 5.41 Å². The molecule has 0 spiro atoms. The van der Waals surface area contributed by atoms with Gasteiger partial charge < -0.3 is 20.9 Å². The highest BCUT2D eigenvalue weighted by molar-refractivity contribution is 5.47. The number of benzene rings is 4. The molecule has 0 unspecified atom stereocenters. The van der Waals surface area contributed by atoms with E-state index in [4.69, 9.17) is 20.9 Å². The Morgan fingerprint density at radius 3 is 1.05 bits per heavy atom. The van der Waals surface area contributed by atoms with E-state index in [1.165, 1.54) is 0 Å². The maximum absolute atomic E-state index is 14.4. The molecule has 0 bridgehead atoms. The van der Waals surface area contributed by atoms with Gasteiger partial charge in [0.25, 0.3) is 0 Å². The highest BCUT2D eigenvalue weighted by Crippen LogP contribution is 2.56. The second-order valence-corrected chi connectivity index (χ2v) is 8.85. The van der Waals surface area contributed by atoms with E-state index in [1.807, 2.05) is 0 Å². The molecular formula is C29H24F6N2O2. The van der Waals surface area contributed by atoms with Gasteiger partial charge in [0, 0.05) is 11.4 Å². The highest BCUT2D eigenvalue weighted by atomic mass is 19.4. The number of ether oxygens (including phenoxy) is 2. The third-order valence-electron chi connectivity index (χ3n) is 6.20. The van der Waals surface area contributed by atoms with Crippen LogP contribution in [0.3, 0.4) is 0 Å². The van der Waals surface area contributed by atoms with Gasteiger partial charge >= 0.3 is 12.4 Å². The molecule has 0 aromatic heterocycles. The molecule has 204 valence electrons. The lowest BCUT2D eigenvalue weighted by Gasteiger charge is -2.38. The van der Waals surface area contributed by atoms with Crippen molar-refractivity contribution in [3.05, 3.63) is 119 Å². The van der Waals surface area contributed by atoms with Crippen LogP contribution in [-0.4, -0.2) is 12.4 Å². The van der Waals surface area contributed by atoms with Crippen LogP contribution in [0, 0.1) is 0 Å². The molecule has 4 nitrogen and oxygen atoms in total. The van der Waals surface area contributed by atoms with Crippen molar-refractivity contribution >= 4 is 11.4 Å². The van der Waals surface area contributed by atoms with Crippen LogP contribution in [0.15, 0.2) is 97.1 Å². The topological polar surface area (TPSA) is 70.5 Å². The molecule has 0 atom stereocenters. The summed E-state index contributed by atoms with van der Waals surface area (Å²) < 4.78 is 97.7. The first kappa shape index (κ1) is 27.7. The van der Waals surface area contributed by atoms with E-state index in [2.05, 4.69) is 0 Å². The van der Waals surface area contributed by atoms with Gasteiger partial charge in [-0.2, -0.15) is 26.3 Å². The smallest absolute Gasteiger partial charge is 0.411 e. The fourth-order valence-corrected chi connectivity index (χ4v) is 4.15. The predicted molar refractivity (Wildman–Crippen MR) is 136 cm³/mol. The van der Waals surface area contributed by atoms with Gasteiger partial charge in [0.1, 0.15) is 24.7 Å². The number of alkyl halides is 6. The zero-order chi connectivity index (χ0) is 28.3. The number of anilines is 2. The Morgan fingerprint density at radius 1 is 0.462 bits per heavy atom. The predicted octanol–water partition coefficient (Wildman–Crippen LogP) is 7.42. The minimum absolute atomic E-state index is 0.0567. The van der Waals surface area contributed by atoms with Gasteiger partial charge in [-0.3, -0.25) is 0 Å². The van der Waals surface area contributed by atoms with Crippen LogP contribution in [0.2, 0.25) is 0 Å². The number of hydrogen-bond donors (Lipinski definition) is 2. The average molecular weight is 547 g/mol. The number of nitrogen functional groups attached to an aromatic ring is 2. The molecule has 0 heterocycles. The zero-order valence-electron chi connectivity index (χ0n) is 20.4. The van der Waals surface area contributed by atoms with Crippen molar-refractivity contribution in [3.8, 4) is 11.5 Å². The van der Waals surface area contributed by atoms with Crippen LogP contribution in [0.4, 0.5) is 37.7 Å². The molecule has 0 aliphatic carbocycles. The van der Waals surface area contributed by atoms with E-state index < -0.39 is 28.9 Å². The van der Waals surface area contributed by atoms with Gasteiger partial charge in [-0.25, -0.2) is 0 Å². The quantitative estimate of drug-likeness (QED) is 0.178. The largest absolute Gasteiger partial charge is 0.489 e. The maximum Gasteiger partial charge on any atom is 0.411 e. The molecule has 0 saturated heterocycles. The number of hydrogen-bond acceptors (Lipinski definition) is 4. The molecule has 4 N–H and O–H groups in total. The molecular weight excluding hydrogens is 522 g/mol. The second-order valence-electron chi connectivity index (χ2n) is 8.85. The Hall–Kier alpha value is -4.34. The van der Waals surface area contributed by atoms with Gasteiger partial charge in [-0.1, -0.05) is 48.5 Å². The first-order valence-electron chi connectivity index (χ1n) is 11.7. The minimum Gasteiger partial charge on any atom is -0.489 e. The Bertz CT molecular complexity index is 1260. The fourth-order valence-electron chi connectivity index (χ4n) is 4.15. The van der Waals surface area contributed by atoms with E-state index in [0.29, 0.717) is 11.4 Å². The van der Waals surface area contributed by atoms with E-state index >= 15 is 0 Å². The first-order valence-corrected chi connectivity index (χ1v) is 11.7. The normalized spacial score (nSPS) is 12.3. The third kappa shape index (κ3) is 5.89. The molecule has 4 aromatic carbocycles. The average Bonchev–Trinajstić information content (AvgIpc) is 2.88. The number of halogens is 6. The van der Waals surface area contributed by atoms with Crippen molar-refractivity contribution in [3.63, 3.8) is 0 Å². The summed E-state index contributed by atoms with van der Waals surface area (Å²) in [6.07, 6.45) is -11.4.